The number of hydrogen-bond acceptors (Lipinski definition) is 4. The first-order chi connectivity index (χ1) is 14.6. The summed E-state index contributed by atoms with van der Waals surface area (Å²) in [4.78, 5) is 30.9. The number of anilines is 2. The molecule has 0 aliphatic carbocycles. The van der Waals surface area contributed by atoms with Crippen LogP contribution < -0.4 is 15.1 Å². The van der Waals surface area contributed by atoms with E-state index >= 15 is 0 Å². The summed E-state index contributed by atoms with van der Waals surface area (Å²) >= 11 is 0. The van der Waals surface area contributed by atoms with E-state index in [1.165, 1.54) is 11.3 Å². The van der Waals surface area contributed by atoms with Crippen molar-refractivity contribution in [2.75, 3.05) is 55.6 Å². The molecule has 2 aliphatic heterocycles. The quantitative estimate of drug-likeness (QED) is 0.801. The minimum atomic E-state index is -0.0623. The Morgan fingerprint density at radius 3 is 2.40 bits per heavy atom. The van der Waals surface area contributed by atoms with Gasteiger partial charge < -0.3 is 15.1 Å². The summed E-state index contributed by atoms with van der Waals surface area (Å²) in [5.74, 6) is 0.0994. The number of benzene rings is 2. The van der Waals surface area contributed by atoms with Gasteiger partial charge in [0.15, 0.2) is 0 Å². The highest BCUT2D eigenvalue weighted by Crippen LogP contribution is 2.21. The van der Waals surface area contributed by atoms with Crippen molar-refractivity contribution in [1.29, 1.82) is 0 Å². The summed E-state index contributed by atoms with van der Waals surface area (Å²) in [7, 11) is 0. The molecular formula is C24H30N4O2. The van der Waals surface area contributed by atoms with Crippen molar-refractivity contribution in [2.45, 2.75) is 19.8 Å². The lowest BCUT2D eigenvalue weighted by atomic mass is 10.2. The minimum Gasteiger partial charge on any atom is -0.369 e. The standard InChI is InChI=1S/C24H30N4O2/c1-19-4-2-5-22(18-19)27-16-14-26(15-17-27)13-11-25-24(30)20-7-9-21(10-8-20)28-12-3-6-23(28)29/h2,4-5,7-10,18H,3,6,11-17H2,1H3,(H,25,30). The van der Waals surface area contributed by atoms with Crippen molar-refractivity contribution in [3.8, 4) is 0 Å². The van der Waals surface area contributed by atoms with Crippen LogP contribution in [0.15, 0.2) is 48.5 Å². The highest BCUT2D eigenvalue weighted by Gasteiger charge is 2.22. The van der Waals surface area contributed by atoms with Gasteiger partial charge in [0.2, 0.25) is 5.91 Å². The lowest BCUT2D eigenvalue weighted by molar-refractivity contribution is -0.117. The maximum absolute atomic E-state index is 12.4. The molecule has 2 saturated heterocycles. The van der Waals surface area contributed by atoms with Gasteiger partial charge in [0, 0.05) is 69.2 Å². The van der Waals surface area contributed by atoms with E-state index in [0.29, 0.717) is 18.5 Å². The van der Waals surface area contributed by atoms with Crippen molar-refractivity contribution >= 4 is 23.2 Å². The number of carbonyl (C=O) groups is 2. The summed E-state index contributed by atoms with van der Waals surface area (Å²) in [6, 6.07) is 16.0. The Balaban J connectivity index is 1.20. The average molecular weight is 407 g/mol. The predicted octanol–water partition coefficient (Wildman–Crippen LogP) is 2.67. The molecule has 0 spiro atoms. The number of amides is 2. The van der Waals surface area contributed by atoms with E-state index in [9.17, 15) is 9.59 Å². The smallest absolute Gasteiger partial charge is 0.251 e. The number of aryl methyl sites for hydroxylation is 1. The van der Waals surface area contributed by atoms with E-state index in [1.54, 1.807) is 17.0 Å². The van der Waals surface area contributed by atoms with Crippen LogP contribution in [0.4, 0.5) is 11.4 Å². The van der Waals surface area contributed by atoms with E-state index in [4.69, 9.17) is 0 Å². The second kappa shape index (κ2) is 9.30. The molecule has 158 valence electrons. The van der Waals surface area contributed by atoms with E-state index < -0.39 is 0 Å². The highest BCUT2D eigenvalue weighted by molar-refractivity contribution is 5.97. The Hall–Kier alpha value is -2.86. The topological polar surface area (TPSA) is 55.9 Å². The highest BCUT2D eigenvalue weighted by atomic mass is 16.2. The van der Waals surface area contributed by atoms with Gasteiger partial charge in [-0.1, -0.05) is 12.1 Å². The maximum Gasteiger partial charge on any atom is 0.251 e. The van der Waals surface area contributed by atoms with Gasteiger partial charge in [0.25, 0.3) is 5.91 Å². The molecule has 2 aromatic rings. The number of carbonyl (C=O) groups excluding carboxylic acids is 2. The SMILES string of the molecule is Cc1cccc(N2CCN(CCNC(=O)c3ccc(N4CCCC4=O)cc3)CC2)c1. The van der Waals surface area contributed by atoms with Crippen molar-refractivity contribution in [2.24, 2.45) is 0 Å². The largest absolute Gasteiger partial charge is 0.369 e. The summed E-state index contributed by atoms with van der Waals surface area (Å²) in [6.45, 7) is 8.40. The Bertz CT molecular complexity index is 888. The van der Waals surface area contributed by atoms with E-state index in [-0.39, 0.29) is 11.8 Å². The van der Waals surface area contributed by atoms with Gasteiger partial charge in [-0.3, -0.25) is 14.5 Å². The summed E-state index contributed by atoms with van der Waals surface area (Å²) in [5.41, 5.74) is 4.09. The molecule has 4 rings (SSSR count). The average Bonchev–Trinajstić information content (AvgIpc) is 3.20. The number of hydrogen-bond donors (Lipinski definition) is 1. The van der Waals surface area contributed by atoms with Gasteiger partial charge in [-0.15, -0.1) is 0 Å². The Morgan fingerprint density at radius 1 is 0.967 bits per heavy atom. The molecule has 2 heterocycles. The van der Waals surface area contributed by atoms with Gasteiger partial charge >= 0.3 is 0 Å². The van der Waals surface area contributed by atoms with Crippen LogP contribution >= 0.6 is 0 Å². The third kappa shape index (κ3) is 4.82. The fourth-order valence-electron chi connectivity index (χ4n) is 4.20. The van der Waals surface area contributed by atoms with Crippen molar-refractivity contribution in [3.63, 3.8) is 0 Å². The maximum atomic E-state index is 12.4. The number of piperazine rings is 1. The van der Waals surface area contributed by atoms with Crippen LogP contribution in [0.3, 0.4) is 0 Å². The van der Waals surface area contributed by atoms with Gasteiger partial charge in [0.05, 0.1) is 0 Å². The molecule has 0 unspecified atom stereocenters. The molecule has 2 amide bonds. The molecular weight excluding hydrogens is 376 g/mol. The van der Waals surface area contributed by atoms with E-state index in [2.05, 4.69) is 46.3 Å². The fraction of sp³-hybridized carbons (Fsp3) is 0.417. The molecule has 30 heavy (non-hydrogen) atoms. The predicted molar refractivity (Wildman–Crippen MR) is 120 cm³/mol. The molecule has 0 atom stereocenters. The molecule has 1 N–H and O–H groups in total. The zero-order valence-electron chi connectivity index (χ0n) is 17.6. The minimum absolute atomic E-state index is 0.0623. The van der Waals surface area contributed by atoms with Crippen LogP contribution in [0.1, 0.15) is 28.8 Å². The Labute approximate surface area is 178 Å². The van der Waals surface area contributed by atoms with Crippen LogP contribution in [0.25, 0.3) is 0 Å². The van der Waals surface area contributed by atoms with Gasteiger partial charge in [-0.2, -0.15) is 0 Å². The first-order valence-corrected chi connectivity index (χ1v) is 10.8. The zero-order valence-corrected chi connectivity index (χ0v) is 17.6. The first kappa shape index (κ1) is 20.4. The molecule has 0 saturated carbocycles. The zero-order chi connectivity index (χ0) is 20.9. The lowest BCUT2D eigenvalue weighted by Crippen LogP contribution is -2.48. The third-order valence-corrected chi connectivity index (χ3v) is 5.97. The number of nitrogens with zero attached hydrogens (tertiary/aromatic N) is 3. The van der Waals surface area contributed by atoms with Gasteiger partial charge in [-0.05, 0) is 55.3 Å². The lowest BCUT2D eigenvalue weighted by Gasteiger charge is -2.36. The normalized spacial score (nSPS) is 17.4. The molecule has 0 bridgehead atoms. The van der Waals surface area contributed by atoms with E-state index in [1.807, 2.05) is 12.1 Å². The fourth-order valence-corrected chi connectivity index (χ4v) is 4.20. The number of rotatable bonds is 6. The van der Waals surface area contributed by atoms with Crippen molar-refractivity contribution in [3.05, 3.63) is 59.7 Å². The van der Waals surface area contributed by atoms with Crippen LogP contribution in [-0.4, -0.2) is 62.5 Å². The van der Waals surface area contributed by atoms with Crippen LogP contribution in [0.5, 0.6) is 0 Å². The Kier molecular flexibility index (Phi) is 6.33. The summed E-state index contributed by atoms with van der Waals surface area (Å²) in [6.07, 6.45) is 1.52. The summed E-state index contributed by atoms with van der Waals surface area (Å²) in [5, 5.41) is 3.02. The van der Waals surface area contributed by atoms with E-state index in [0.717, 1.165) is 51.4 Å². The summed E-state index contributed by atoms with van der Waals surface area (Å²) < 4.78 is 0. The molecule has 6 heteroatoms. The molecule has 2 aliphatic rings. The molecule has 2 aromatic carbocycles. The Morgan fingerprint density at radius 2 is 1.73 bits per heavy atom. The van der Waals surface area contributed by atoms with Gasteiger partial charge in [0.1, 0.15) is 0 Å². The first-order valence-electron chi connectivity index (χ1n) is 10.8. The van der Waals surface area contributed by atoms with Gasteiger partial charge in [-0.25, -0.2) is 0 Å². The van der Waals surface area contributed by atoms with Crippen LogP contribution in [0, 0.1) is 6.92 Å². The van der Waals surface area contributed by atoms with Crippen LogP contribution in [0.2, 0.25) is 0 Å². The number of nitrogens with one attached hydrogen (secondary N) is 1. The molecule has 6 nitrogen and oxygen atoms in total. The molecule has 0 aromatic heterocycles. The second-order valence-electron chi connectivity index (χ2n) is 8.12. The molecule has 2 fully saturated rings. The van der Waals surface area contributed by atoms with Crippen molar-refractivity contribution < 1.29 is 9.59 Å². The molecule has 0 radical (unpaired) electrons. The van der Waals surface area contributed by atoms with Crippen LogP contribution in [-0.2, 0) is 4.79 Å². The second-order valence-corrected chi connectivity index (χ2v) is 8.12. The third-order valence-electron chi connectivity index (χ3n) is 5.97. The van der Waals surface area contributed by atoms with Crippen molar-refractivity contribution in [1.82, 2.24) is 10.2 Å². The monoisotopic (exact) mass is 406 g/mol.